The summed E-state index contributed by atoms with van der Waals surface area (Å²) in [5, 5.41) is 0. The van der Waals surface area contributed by atoms with E-state index in [-0.39, 0.29) is 5.48 Å². The molecule has 0 fully saturated rings. The van der Waals surface area contributed by atoms with E-state index >= 15 is 0 Å². The van der Waals surface area contributed by atoms with Crippen molar-refractivity contribution in [1.29, 1.82) is 0 Å². The molecule has 1 heteroatoms. The van der Waals surface area contributed by atoms with Crippen molar-refractivity contribution in [2.24, 2.45) is 0 Å². The van der Waals surface area contributed by atoms with Crippen molar-refractivity contribution >= 4 is 0 Å². The van der Waals surface area contributed by atoms with Crippen LogP contribution in [-0.2, 0) is 0 Å². The van der Waals surface area contributed by atoms with Crippen LogP contribution in [0.3, 0.4) is 0 Å². The molecule has 1 nitrogen and oxygen atoms in total. The van der Waals surface area contributed by atoms with Crippen molar-refractivity contribution in [3.05, 3.63) is 48.6 Å². The Morgan fingerprint density at radius 2 is 1.92 bits per heavy atom. The van der Waals surface area contributed by atoms with Gasteiger partial charge in [0.25, 0.3) is 0 Å². The van der Waals surface area contributed by atoms with Gasteiger partial charge in [-0.25, -0.2) is 0 Å². The molecule has 0 bridgehead atoms. The van der Waals surface area contributed by atoms with E-state index in [2.05, 4.69) is 43.8 Å². The standard InChI is InChI=1S/C12H16.H2O/c1-3-4-8-11(2)12-9-6-5-7-10-12;/h3,5-7,9-11H,1,4,8H2,2H3;1H2/t11-;/m0./s1. The summed E-state index contributed by atoms with van der Waals surface area (Å²) < 4.78 is 0. The first-order valence-electron chi connectivity index (χ1n) is 4.50. The molecule has 0 aliphatic heterocycles. The number of rotatable bonds is 4. The number of benzene rings is 1. The molecule has 0 saturated carbocycles. The van der Waals surface area contributed by atoms with E-state index in [1.54, 1.807) is 0 Å². The average Bonchev–Trinajstić information content (AvgIpc) is 2.15. The van der Waals surface area contributed by atoms with Crippen LogP contribution in [0.15, 0.2) is 43.0 Å². The maximum atomic E-state index is 3.73. The SMILES string of the molecule is C=CCC[C@H](C)c1ccccc1.O. The molecule has 13 heavy (non-hydrogen) atoms. The van der Waals surface area contributed by atoms with Crippen LogP contribution in [0.1, 0.15) is 31.2 Å². The second-order valence-corrected chi connectivity index (χ2v) is 3.18. The van der Waals surface area contributed by atoms with Gasteiger partial charge in [0.2, 0.25) is 0 Å². The summed E-state index contributed by atoms with van der Waals surface area (Å²) in [6.07, 6.45) is 4.29. The van der Waals surface area contributed by atoms with E-state index in [4.69, 9.17) is 0 Å². The van der Waals surface area contributed by atoms with Crippen LogP contribution in [0.5, 0.6) is 0 Å². The van der Waals surface area contributed by atoms with Gasteiger partial charge in [-0.2, -0.15) is 0 Å². The summed E-state index contributed by atoms with van der Waals surface area (Å²) >= 11 is 0. The molecule has 0 spiro atoms. The summed E-state index contributed by atoms with van der Waals surface area (Å²) in [5.74, 6) is 0.657. The van der Waals surface area contributed by atoms with Gasteiger partial charge in [-0.05, 0) is 24.3 Å². The Morgan fingerprint density at radius 1 is 1.31 bits per heavy atom. The van der Waals surface area contributed by atoms with Crippen molar-refractivity contribution in [1.82, 2.24) is 0 Å². The van der Waals surface area contributed by atoms with Gasteiger partial charge in [0.15, 0.2) is 0 Å². The van der Waals surface area contributed by atoms with Crippen LogP contribution >= 0.6 is 0 Å². The van der Waals surface area contributed by atoms with Crippen molar-refractivity contribution in [2.75, 3.05) is 0 Å². The fourth-order valence-electron chi connectivity index (χ4n) is 1.32. The average molecular weight is 178 g/mol. The van der Waals surface area contributed by atoms with Gasteiger partial charge < -0.3 is 5.48 Å². The Morgan fingerprint density at radius 3 is 2.46 bits per heavy atom. The second-order valence-electron chi connectivity index (χ2n) is 3.18. The highest BCUT2D eigenvalue weighted by molar-refractivity contribution is 5.18. The number of allylic oxidation sites excluding steroid dienone is 1. The summed E-state index contributed by atoms with van der Waals surface area (Å²) in [6, 6.07) is 10.6. The Bertz CT molecular complexity index is 228. The first-order chi connectivity index (χ1) is 5.84. The lowest BCUT2D eigenvalue weighted by Gasteiger charge is -2.09. The maximum absolute atomic E-state index is 3.73. The van der Waals surface area contributed by atoms with Crippen molar-refractivity contribution < 1.29 is 5.48 Å². The fourth-order valence-corrected chi connectivity index (χ4v) is 1.32. The van der Waals surface area contributed by atoms with Crippen LogP contribution in [0, 0.1) is 0 Å². The van der Waals surface area contributed by atoms with E-state index < -0.39 is 0 Å². The lowest BCUT2D eigenvalue weighted by Crippen LogP contribution is -1.91. The number of hydrogen-bond donors (Lipinski definition) is 0. The minimum absolute atomic E-state index is 0. The fraction of sp³-hybridized carbons (Fsp3) is 0.333. The first-order valence-corrected chi connectivity index (χ1v) is 4.50. The Balaban J connectivity index is 0.00000144. The van der Waals surface area contributed by atoms with Gasteiger partial charge in [0.05, 0.1) is 0 Å². The van der Waals surface area contributed by atoms with Crippen LogP contribution in [0.25, 0.3) is 0 Å². The molecule has 2 N–H and O–H groups in total. The van der Waals surface area contributed by atoms with E-state index in [0.717, 1.165) is 6.42 Å². The minimum atomic E-state index is 0. The van der Waals surface area contributed by atoms with Gasteiger partial charge in [0, 0.05) is 0 Å². The zero-order valence-corrected chi connectivity index (χ0v) is 8.16. The molecule has 0 amide bonds. The molecule has 0 heterocycles. The topological polar surface area (TPSA) is 31.5 Å². The zero-order valence-electron chi connectivity index (χ0n) is 8.16. The van der Waals surface area contributed by atoms with Crippen molar-refractivity contribution in [3.8, 4) is 0 Å². The predicted octanol–water partition coefficient (Wildman–Crippen LogP) is 2.93. The zero-order chi connectivity index (χ0) is 8.81. The van der Waals surface area contributed by atoms with Gasteiger partial charge in [-0.1, -0.05) is 43.3 Å². The molecule has 1 atom stereocenters. The molecule has 0 aromatic heterocycles. The third kappa shape index (κ3) is 3.90. The normalized spacial score (nSPS) is 11.5. The van der Waals surface area contributed by atoms with Crippen LogP contribution in [0.2, 0.25) is 0 Å². The summed E-state index contributed by atoms with van der Waals surface area (Å²) in [6.45, 7) is 5.99. The summed E-state index contributed by atoms with van der Waals surface area (Å²) in [4.78, 5) is 0. The summed E-state index contributed by atoms with van der Waals surface area (Å²) in [5.41, 5.74) is 1.43. The summed E-state index contributed by atoms with van der Waals surface area (Å²) in [7, 11) is 0. The molecule has 1 aromatic rings. The van der Waals surface area contributed by atoms with Crippen LogP contribution < -0.4 is 0 Å². The Hall–Kier alpha value is -1.08. The molecule has 0 aliphatic rings. The molecular weight excluding hydrogens is 160 g/mol. The minimum Gasteiger partial charge on any atom is -0.412 e. The molecule has 0 aliphatic carbocycles. The highest BCUT2D eigenvalue weighted by Gasteiger charge is 2.01. The monoisotopic (exact) mass is 178 g/mol. The number of hydrogen-bond acceptors (Lipinski definition) is 0. The van der Waals surface area contributed by atoms with E-state index in [1.807, 2.05) is 6.08 Å². The third-order valence-corrected chi connectivity index (χ3v) is 2.17. The van der Waals surface area contributed by atoms with Crippen LogP contribution in [0.4, 0.5) is 0 Å². The second kappa shape index (κ2) is 6.44. The van der Waals surface area contributed by atoms with Gasteiger partial charge in [-0.3, -0.25) is 0 Å². The molecule has 0 radical (unpaired) electrons. The van der Waals surface area contributed by atoms with E-state index in [9.17, 15) is 0 Å². The van der Waals surface area contributed by atoms with Gasteiger partial charge >= 0.3 is 0 Å². The molecular formula is C12H18O. The van der Waals surface area contributed by atoms with Crippen molar-refractivity contribution in [2.45, 2.75) is 25.7 Å². The molecule has 0 unspecified atom stereocenters. The smallest absolute Gasteiger partial charge is 0.0187 e. The molecule has 72 valence electrons. The quantitative estimate of drug-likeness (QED) is 0.635. The lowest BCUT2D eigenvalue weighted by atomic mass is 9.96. The highest BCUT2D eigenvalue weighted by atomic mass is 16.0. The third-order valence-electron chi connectivity index (χ3n) is 2.17. The van der Waals surface area contributed by atoms with E-state index in [1.165, 1.54) is 12.0 Å². The van der Waals surface area contributed by atoms with Crippen LogP contribution in [-0.4, -0.2) is 5.48 Å². The van der Waals surface area contributed by atoms with E-state index in [0.29, 0.717) is 5.92 Å². The highest BCUT2D eigenvalue weighted by Crippen LogP contribution is 2.19. The Labute approximate surface area is 80.4 Å². The first kappa shape index (κ1) is 11.9. The Kier molecular flexibility index (Phi) is 5.90. The lowest BCUT2D eigenvalue weighted by molar-refractivity contribution is 0.691. The molecule has 1 rings (SSSR count). The van der Waals surface area contributed by atoms with Crippen molar-refractivity contribution in [3.63, 3.8) is 0 Å². The largest absolute Gasteiger partial charge is 0.412 e. The maximum Gasteiger partial charge on any atom is -0.0187 e. The molecule has 0 saturated heterocycles. The predicted molar refractivity (Wildman–Crippen MR) is 57.9 cm³/mol. The van der Waals surface area contributed by atoms with Gasteiger partial charge in [0.1, 0.15) is 0 Å². The van der Waals surface area contributed by atoms with Gasteiger partial charge in [-0.15, -0.1) is 6.58 Å². The molecule has 1 aromatic carbocycles.